The summed E-state index contributed by atoms with van der Waals surface area (Å²) in [6.45, 7) is 3.95. The fourth-order valence-electron chi connectivity index (χ4n) is 1.93. The molecule has 0 saturated heterocycles. The van der Waals surface area contributed by atoms with Crippen LogP contribution in [0.25, 0.3) is 0 Å². The molecule has 0 fully saturated rings. The second kappa shape index (κ2) is 5.36. The third-order valence-electron chi connectivity index (χ3n) is 3.19. The van der Waals surface area contributed by atoms with Gasteiger partial charge in [0.25, 0.3) is 0 Å². The van der Waals surface area contributed by atoms with Gasteiger partial charge >= 0.3 is 0 Å². The van der Waals surface area contributed by atoms with Crippen LogP contribution in [-0.2, 0) is 0 Å². The first kappa shape index (κ1) is 12.8. The Morgan fingerprint density at radius 3 is 2.33 bits per heavy atom. The maximum Gasteiger partial charge on any atom is 0.185 e. The maximum atomic E-state index is 12.4. The molecule has 2 rings (SSSR count). The van der Waals surface area contributed by atoms with Crippen LogP contribution in [0.3, 0.4) is 0 Å². The average Bonchev–Trinajstić information content (AvgIpc) is 2.41. The maximum absolute atomic E-state index is 12.4. The van der Waals surface area contributed by atoms with E-state index in [0.717, 1.165) is 16.7 Å². The van der Waals surface area contributed by atoms with E-state index in [2.05, 4.69) is 0 Å². The lowest BCUT2D eigenvalue weighted by Crippen LogP contribution is -2.09. The van der Waals surface area contributed by atoms with Crippen molar-refractivity contribution < 1.29 is 4.79 Å². The van der Waals surface area contributed by atoms with Crippen molar-refractivity contribution >= 4 is 17.4 Å². The lowest BCUT2D eigenvalue weighted by atomic mass is 9.96. The number of hydrogen-bond donors (Lipinski definition) is 0. The van der Waals surface area contributed by atoms with E-state index in [-0.39, 0.29) is 5.78 Å². The minimum atomic E-state index is -0.619. The normalized spacial score (nSPS) is 12.2. The summed E-state index contributed by atoms with van der Waals surface area (Å²) in [5, 5.41) is -0.619. The van der Waals surface area contributed by atoms with Crippen LogP contribution in [0.5, 0.6) is 0 Å². The molecule has 0 saturated carbocycles. The molecule has 0 aromatic heterocycles. The van der Waals surface area contributed by atoms with Gasteiger partial charge in [-0.3, -0.25) is 4.79 Å². The highest BCUT2D eigenvalue weighted by atomic mass is 35.5. The summed E-state index contributed by atoms with van der Waals surface area (Å²) >= 11 is 6.27. The Bertz CT molecular complexity index is 561. The molecule has 0 aliphatic rings. The first-order valence-corrected chi connectivity index (χ1v) is 6.34. The summed E-state index contributed by atoms with van der Waals surface area (Å²) < 4.78 is 0. The number of rotatable bonds is 3. The van der Waals surface area contributed by atoms with Gasteiger partial charge in [0.1, 0.15) is 5.38 Å². The molecule has 92 valence electrons. The van der Waals surface area contributed by atoms with Crippen LogP contribution in [0.2, 0.25) is 0 Å². The summed E-state index contributed by atoms with van der Waals surface area (Å²) in [6, 6.07) is 15.2. The molecule has 1 atom stereocenters. The zero-order valence-corrected chi connectivity index (χ0v) is 11.2. The Balaban J connectivity index is 2.35. The number of aryl methyl sites for hydroxylation is 1. The molecule has 1 nitrogen and oxygen atoms in total. The van der Waals surface area contributed by atoms with Crippen LogP contribution >= 0.6 is 11.6 Å². The molecule has 0 heterocycles. The van der Waals surface area contributed by atoms with Gasteiger partial charge in [-0.05, 0) is 30.5 Å². The number of alkyl halides is 1. The molecule has 2 heteroatoms. The van der Waals surface area contributed by atoms with E-state index in [0.29, 0.717) is 5.56 Å². The van der Waals surface area contributed by atoms with Crippen LogP contribution in [0.1, 0.15) is 32.4 Å². The Hall–Kier alpha value is -1.60. The summed E-state index contributed by atoms with van der Waals surface area (Å²) in [5.74, 6) is -0.0379. The Kier molecular flexibility index (Phi) is 3.83. The van der Waals surface area contributed by atoms with Crippen LogP contribution in [-0.4, -0.2) is 5.78 Å². The van der Waals surface area contributed by atoms with Crippen molar-refractivity contribution in [3.05, 3.63) is 70.8 Å². The van der Waals surface area contributed by atoms with Crippen LogP contribution in [0.15, 0.2) is 48.5 Å². The number of Topliss-reactive ketones (excluding diaryl/α,β-unsaturated/α-hetero) is 1. The molecule has 18 heavy (non-hydrogen) atoms. The first-order chi connectivity index (χ1) is 8.61. The molecule has 0 aliphatic carbocycles. The van der Waals surface area contributed by atoms with Crippen molar-refractivity contribution in [3.8, 4) is 0 Å². The quantitative estimate of drug-likeness (QED) is 0.587. The smallest absolute Gasteiger partial charge is 0.185 e. The standard InChI is InChI=1S/C16H15ClO/c1-11-7-6-10-14(12(11)2)16(18)15(17)13-8-4-3-5-9-13/h3-10,15H,1-2H3. The molecular weight excluding hydrogens is 244 g/mol. The molecule has 0 bridgehead atoms. The number of benzene rings is 2. The van der Waals surface area contributed by atoms with E-state index in [4.69, 9.17) is 11.6 Å². The van der Waals surface area contributed by atoms with Gasteiger partial charge in [-0.15, -0.1) is 11.6 Å². The topological polar surface area (TPSA) is 17.1 Å². The van der Waals surface area contributed by atoms with Gasteiger partial charge in [0, 0.05) is 5.56 Å². The molecule has 0 spiro atoms. The van der Waals surface area contributed by atoms with Crippen molar-refractivity contribution in [3.63, 3.8) is 0 Å². The van der Waals surface area contributed by atoms with Crippen LogP contribution in [0.4, 0.5) is 0 Å². The number of ketones is 1. The minimum Gasteiger partial charge on any atom is -0.292 e. The molecule has 1 unspecified atom stereocenters. The highest BCUT2D eigenvalue weighted by molar-refractivity contribution is 6.34. The van der Waals surface area contributed by atoms with Gasteiger partial charge in [0.15, 0.2) is 5.78 Å². The Morgan fingerprint density at radius 1 is 1.00 bits per heavy atom. The van der Waals surface area contributed by atoms with Crippen molar-refractivity contribution in [1.82, 2.24) is 0 Å². The van der Waals surface area contributed by atoms with Crippen molar-refractivity contribution in [2.45, 2.75) is 19.2 Å². The summed E-state index contributed by atoms with van der Waals surface area (Å²) in [7, 11) is 0. The number of hydrogen-bond acceptors (Lipinski definition) is 1. The zero-order valence-electron chi connectivity index (χ0n) is 10.5. The second-order valence-electron chi connectivity index (χ2n) is 4.38. The number of carbonyl (C=O) groups excluding carboxylic acids is 1. The number of halogens is 1. The SMILES string of the molecule is Cc1cccc(C(=O)C(Cl)c2ccccc2)c1C. The largest absolute Gasteiger partial charge is 0.292 e. The summed E-state index contributed by atoms with van der Waals surface area (Å²) in [4.78, 5) is 12.4. The van der Waals surface area contributed by atoms with E-state index in [1.807, 2.05) is 62.4 Å². The first-order valence-electron chi connectivity index (χ1n) is 5.90. The molecule has 0 radical (unpaired) electrons. The fraction of sp³-hybridized carbons (Fsp3) is 0.188. The van der Waals surface area contributed by atoms with E-state index in [1.54, 1.807) is 0 Å². The molecule has 2 aromatic carbocycles. The highest BCUT2D eigenvalue weighted by Gasteiger charge is 2.20. The molecule has 0 amide bonds. The van der Waals surface area contributed by atoms with Crippen molar-refractivity contribution in [1.29, 1.82) is 0 Å². The zero-order chi connectivity index (χ0) is 13.1. The van der Waals surface area contributed by atoms with Gasteiger partial charge in [-0.1, -0.05) is 48.5 Å². The van der Waals surface area contributed by atoms with Gasteiger partial charge in [-0.25, -0.2) is 0 Å². The van der Waals surface area contributed by atoms with Gasteiger partial charge in [0.05, 0.1) is 0 Å². The van der Waals surface area contributed by atoms with E-state index < -0.39 is 5.38 Å². The lowest BCUT2D eigenvalue weighted by molar-refractivity contribution is 0.0986. The lowest BCUT2D eigenvalue weighted by Gasteiger charge is -2.12. The molecular formula is C16H15ClO. The predicted molar refractivity (Wildman–Crippen MR) is 75.3 cm³/mol. The van der Waals surface area contributed by atoms with Gasteiger partial charge < -0.3 is 0 Å². The Morgan fingerprint density at radius 2 is 1.67 bits per heavy atom. The van der Waals surface area contributed by atoms with E-state index >= 15 is 0 Å². The van der Waals surface area contributed by atoms with Crippen molar-refractivity contribution in [2.75, 3.05) is 0 Å². The predicted octanol–water partition coefficient (Wildman–Crippen LogP) is 4.47. The second-order valence-corrected chi connectivity index (χ2v) is 4.82. The van der Waals surface area contributed by atoms with E-state index in [9.17, 15) is 4.79 Å². The van der Waals surface area contributed by atoms with E-state index in [1.165, 1.54) is 0 Å². The highest BCUT2D eigenvalue weighted by Crippen LogP contribution is 2.27. The Labute approximate surface area is 112 Å². The fourth-order valence-corrected chi connectivity index (χ4v) is 2.19. The third kappa shape index (κ3) is 2.46. The van der Waals surface area contributed by atoms with Gasteiger partial charge in [-0.2, -0.15) is 0 Å². The minimum absolute atomic E-state index is 0.0379. The molecule has 0 aliphatic heterocycles. The van der Waals surface area contributed by atoms with Crippen LogP contribution < -0.4 is 0 Å². The number of carbonyl (C=O) groups is 1. The van der Waals surface area contributed by atoms with Crippen LogP contribution in [0, 0.1) is 13.8 Å². The monoisotopic (exact) mass is 258 g/mol. The molecule has 2 aromatic rings. The van der Waals surface area contributed by atoms with Crippen molar-refractivity contribution in [2.24, 2.45) is 0 Å². The van der Waals surface area contributed by atoms with Gasteiger partial charge in [0.2, 0.25) is 0 Å². The molecule has 0 N–H and O–H groups in total. The third-order valence-corrected chi connectivity index (χ3v) is 3.64. The summed E-state index contributed by atoms with van der Waals surface area (Å²) in [5.41, 5.74) is 3.66. The summed E-state index contributed by atoms with van der Waals surface area (Å²) in [6.07, 6.45) is 0. The average molecular weight is 259 g/mol.